The van der Waals surface area contributed by atoms with Gasteiger partial charge >= 0.3 is 0 Å². The van der Waals surface area contributed by atoms with E-state index in [0.29, 0.717) is 11.3 Å². The monoisotopic (exact) mass is 545 g/mol. The van der Waals surface area contributed by atoms with Crippen LogP contribution in [0.3, 0.4) is 0 Å². The number of carbonyl (C=O) groups excluding carboxylic acids is 3. The molecule has 4 rings (SSSR count). The molecule has 0 radical (unpaired) electrons. The van der Waals surface area contributed by atoms with Crippen LogP contribution in [0.15, 0.2) is 23.0 Å². The van der Waals surface area contributed by atoms with Gasteiger partial charge in [0.15, 0.2) is 11.4 Å². The highest BCUT2D eigenvalue weighted by molar-refractivity contribution is 7.88. The van der Waals surface area contributed by atoms with Crippen molar-refractivity contribution in [2.75, 3.05) is 31.8 Å². The number of hydrogen-bond donors (Lipinski definition) is 6. The first-order valence-electron chi connectivity index (χ1n) is 11.6. The molecular weight excluding hydrogens is 518 g/mol. The zero-order chi connectivity index (χ0) is 28.3. The molecule has 3 aliphatic carbocycles. The third-order valence-electron chi connectivity index (χ3n) is 7.17. The van der Waals surface area contributed by atoms with E-state index >= 15 is 0 Å². The smallest absolute Gasteiger partial charge is 0.255 e. The van der Waals surface area contributed by atoms with E-state index in [-0.39, 0.29) is 36.1 Å². The number of rotatable bonds is 4. The first kappa shape index (κ1) is 27.2. The summed E-state index contributed by atoms with van der Waals surface area (Å²) < 4.78 is 24.8. The van der Waals surface area contributed by atoms with Crippen molar-refractivity contribution in [3.8, 4) is 17.6 Å². The highest BCUT2D eigenvalue weighted by Gasteiger charge is 2.60. The highest BCUT2D eigenvalue weighted by Crippen LogP contribution is 2.53. The Morgan fingerprint density at radius 3 is 2.47 bits per heavy atom. The second-order valence-corrected chi connectivity index (χ2v) is 11.7. The van der Waals surface area contributed by atoms with Gasteiger partial charge in [-0.15, -0.1) is 0 Å². The Hall–Kier alpha value is -3.86. The van der Waals surface area contributed by atoms with Gasteiger partial charge in [-0.2, -0.15) is 0 Å². The lowest BCUT2D eigenvalue weighted by atomic mass is 9.59. The van der Waals surface area contributed by atoms with Gasteiger partial charge in [-0.05, 0) is 30.4 Å². The van der Waals surface area contributed by atoms with Crippen LogP contribution in [0, 0.1) is 23.7 Å². The number of phenols is 1. The Balaban J connectivity index is 1.89. The number of carbonyl (C=O) groups is 3. The van der Waals surface area contributed by atoms with Crippen molar-refractivity contribution in [1.29, 1.82) is 0 Å². The van der Waals surface area contributed by atoms with Gasteiger partial charge in [-0.1, -0.05) is 11.8 Å². The van der Waals surface area contributed by atoms with Crippen LogP contribution in [0.1, 0.15) is 29.5 Å². The third-order valence-corrected chi connectivity index (χ3v) is 7.84. The van der Waals surface area contributed by atoms with Gasteiger partial charge in [0.1, 0.15) is 22.8 Å². The quantitative estimate of drug-likeness (QED) is 0.209. The number of Topliss-reactive ketones (excluding diaryl/α,β-unsaturated/α-hetero) is 2. The fourth-order valence-electron chi connectivity index (χ4n) is 5.47. The Morgan fingerprint density at radius 2 is 1.89 bits per heavy atom. The highest BCUT2D eigenvalue weighted by atomic mass is 32.2. The normalized spacial score (nSPS) is 24.7. The molecule has 1 amide bonds. The Bertz CT molecular complexity index is 1530. The van der Waals surface area contributed by atoms with Gasteiger partial charge in [-0.25, -0.2) is 13.1 Å². The maximum Gasteiger partial charge on any atom is 0.255 e. The number of nitrogens with zero attached hydrogens (tertiary/aromatic N) is 1. The third kappa shape index (κ3) is 4.20. The number of hydrogen-bond acceptors (Lipinski definition) is 10. The van der Waals surface area contributed by atoms with Crippen LogP contribution in [-0.4, -0.2) is 78.8 Å². The van der Waals surface area contributed by atoms with Crippen LogP contribution in [-0.2, 0) is 30.8 Å². The van der Waals surface area contributed by atoms with E-state index in [1.807, 2.05) is 0 Å². The molecule has 0 aromatic heterocycles. The summed E-state index contributed by atoms with van der Waals surface area (Å²) in [5, 5.41) is 44.4. The van der Waals surface area contributed by atoms with Gasteiger partial charge in [-0.3, -0.25) is 14.4 Å². The molecular formula is C25H27N3O9S. The summed E-state index contributed by atoms with van der Waals surface area (Å²) in [6.45, 7) is -0.235. The van der Waals surface area contributed by atoms with Gasteiger partial charge < -0.3 is 31.1 Å². The zero-order valence-corrected chi connectivity index (χ0v) is 21.6. The summed E-state index contributed by atoms with van der Waals surface area (Å²) >= 11 is 0. The first-order chi connectivity index (χ1) is 17.6. The molecule has 7 N–H and O–H groups in total. The van der Waals surface area contributed by atoms with E-state index in [4.69, 9.17) is 5.73 Å². The molecule has 3 atom stereocenters. The summed E-state index contributed by atoms with van der Waals surface area (Å²) in [4.78, 5) is 39.6. The van der Waals surface area contributed by atoms with E-state index in [9.17, 15) is 43.2 Å². The summed E-state index contributed by atoms with van der Waals surface area (Å²) in [5.41, 5.74) is 2.46. The number of amides is 1. The van der Waals surface area contributed by atoms with Crippen LogP contribution in [0.5, 0.6) is 5.75 Å². The van der Waals surface area contributed by atoms with E-state index in [1.54, 1.807) is 25.1 Å². The van der Waals surface area contributed by atoms with E-state index in [0.717, 1.165) is 6.26 Å². The first-order valence-corrected chi connectivity index (χ1v) is 13.5. The molecule has 12 nitrogen and oxygen atoms in total. The molecule has 0 spiro atoms. The van der Waals surface area contributed by atoms with E-state index in [1.165, 1.54) is 0 Å². The number of aromatic hydroxyl groups is 1. The lowest BCUT2D eigenvalue weighted by Gasteiger charge is -2.46. The average molecular weight is 546 g/mol. The molecule has 3 aliphatic rings. The summed E-state index contributed by atoms with van der Waals surface area (Å²) in [5.74, 6) is -1.87. The van der Waals surface area contributed by atoms with Crippen molar-refractivity contribution < 1.29 is 43.2 Å². The summed E-state index contributed by atoms with van der Waals surface area (Å²) in [7, 11) is -0.0392. The molecule has 202 valence electrons. The number of primary amides is 1. The maximum atomic E-state index is 13.6. The predicted molar refractivity (Wildman–Crippen MR) is 135 cm³/mol. The minimum absolute atomic E-state index is 0.0231. The minimum atomic E-state index is -3.49. The van der Waals surface area contributed by atoms with Crippen LogP contribution < -0.4 is 15.4 Å². The van der Waals surface area contributed by atoms with Crippen LogP contribution in [0.4, 0.5) is 5.69 Å². The summed E-state index contributed by atoms with van der Waals surface area (Å²) in [6.07, 6.45) is 0.745. The SMILES string of the molecule is CN(C)c1cc(C#CCNS(C)(=O)=O)c(O)c2c1CC1CC3CC(=O)C(C(N)=O)=C(O)C3(O)C(=O)C1=C2O. The van der Waals surface area contributed by atoms with Crippen molar-refractivity contribution >= 4 is 38.9 Å². The van der Waals surface area contributed by atoms with Gasteiger partial charge in [0.2, 0.25) is 15.8 Å². The molecule has 0 bridgehead atoms. The van der Waals surface area contributed by atoms with Gasteiger partial charge in [0, 0.05) is 37.7 Å². The fraction of sp³-hybridized carbons (Fsp3) is 0.400. The second-order valence-electron chi connectivity index (χ2n) is 9.84. The van der Waals surface area contributed by atoms with Gasteiger partial charge in [0.05, 0.1) is 23.9 Å². The molecule has 3 unspecified atom stereocenters. The lowest BCUT2D eigenvalue weighted by Crippen LogP contribution is -2.58. The molecule has 13 heteroatoms. The number of aliphatic hydroxyl groups is 3. The molecule has 38 heavy (non-hydrogen) atoms. The number of fused-ring (bicyclic) bond motifs is 3. The van der Waals surface area contributed by atoms with Crippen molar-refractivity contribution in [2.45, 2.75) is 24.9 Å². The van der Waals surface area contributed by atoms with Crippen molar-refractivity contribution in [1.82, 2.24) is 4.72 Å². The molecule has 1 fully saturated rings. The molecule has 0 saturated heterocycles. The van der Waals surface area contributed by atoms with Crippen LogP contribution in [0.2, 0.25) is 0 Å². The number of aliphatic hydroxyl groups excluding tert-OH is 2. The Labute approximate surface area is 218 Å². The second kappa shape index (κ2) is 9.16. The minimum Gasteiger partial charge on any atom is -0.508 e. The average Bonchev–Trinajstić information content (AvgIpc) is 2.79. The van der Waals surface area contributed by atoms with Crippen LogP contribution in [0.25, 0.3) is 5.76 Å². The number of ketones is 2. The maximum absolute atomic E-state index is 13.6. The lowest BCUT2D eigenvalue weighted by molar-refractivity contribution is -0.147. The van der Waals surface area contributed by atoms with Crippen molar-refractivity contribution in [3.63, 3.8) is 0 Å². The van der Waals surface area contributed by atoms with Crippen molar-refractivity contribution in [3.05, 3.63) is 39.7 Å². The van der Waals surface area contributed by atoms with E-state index in [2.05, 4.69) is 16.6 Å². The van der Waals surface area contributed by atoms with Gasteiger partial charge in [0.25, 0.3) is 5.91 Å². The molecule has 0 heterocycles. The molecule has 1 saturated carbocycles. The Kier molecular flexibility index (Phi) is 6.55. The molecule has 0 aliphatic heterocycles. The Morgan fingerprint density at radius 1 is 1.24 bits per heavy atom. The molecule has 1 aromatic rings. The number of nitrogens with one attached hydrogen (secondary N) is 1. The van der Waals surface area contributed by atoms with Crippen LogP contribution >= 0.6 is 0 Å². The number of phenolic OH excluding ortho intramolecular Hbond substituents is 1. The predicted octanol–water partition coefficient (Wildman–Crippen LogP) is -0.609. The number of sulfonamides is 1. The van der Waals surface area contributed by atoms with E-state index < -0.39 is 74.2 Å². The number of nitrogens with two attached hydrogens (primary N) is 1. The topological polar surface area (TPSA) is 208 Å². The molecule has 1 aromatic carbocycles. The number of benzene rings is 1. The fourth-order valence-corrected chi connectivity index (χ4v) is 5.80. The number of anilines is 1. The zero-order valence-electron chi connectivity index (χ0n) is 20.8. The largest absolute Gasteiger partial charge is 0.508 e. The summed E-state index contributed by atoms with van der Waals surface area (Å²) in [6, 6.07) is 1.57. The van der Waals surface area contributed by atoms with Crippen molar-refractivity contribution in [2.24, 2.45) is 17.6 Å². The standard InChI is InChI=1S/C25H27N3O9S/c1-28(2)15-9-11(5-4-6-27-38(3,36)37)20(30)18-14(15)8-12-7-13-10-16(29)19(24(26)34)23(33)25(13,35)22(32)17(12)21(18)31/h9,12-13,27,30-31,33,35H,6-8,10H2,1-3H3,(H2,26,34).